The summed E-state index contributed by atoms with van der Waals surface area (Å²) in [5.74, 6) is 0.458. The molecule has 0 atom stereocenters. The molecule has 1 aromatic heterocycles. The second-order valence-corrected chi connectivity index (χ2v) is 5.91. The predicted molar refractivity (Wildman–Crippen MR) is 89.8 cm³/mol. The van der Waals surface area contributed by atoms with Crippen molar-refractivity contribution in [1.29, 1.82) is 0 Å². The van der Waals surface area contributed by atoms with E-state index < -0.39 is 5.91 Å². The van der Waals surface area contributed by atoms with Crippen LogP contribution in [0.1, 0.15) is 24.3 Å². The topological polar surface area (TPSA) is 66.9 Å². The normalized spacial score (nSPS) is 10.6. The standard InChI is InChI=1S/C15H16Cl2N4O/c1-9(2)8-19-15-18-7-6-12(20-15)14(22)21-13-10(16)4-3-5-11(13)17/h3-7,9H,8H2,1-2H3,(H,21,22)(H,18,19,20). The Bertz CT molecular complexity index is 656. The summed E-state index contributed by atoms with van der Waals surface area (Å²) >= 11 is 12.1. The van der Waals surface area contributed by atoms with E-state index in [1.54, 1.807) is 18.2 Å². The highest BCUT2D eigenvalue weighted by Gasteiger charge is 2.13. The van der Waals surface area contributed by atoms with Gasteiger partial charge >= 0.3 is 0 Å². The number of nitrogens with one attached hydrogen (secondary N) is 2. The summed E-state index contributed by atoms with van der Waals surface area (Å²) in [4.78, 5) is 20.5. The number of carbonyl (C=O) groups excluding carboxylic acids is 1. The van der Waals surface area contributed by atoms with E-state index in [1.165, 1.54) is 12.3 Å². The average molecular weight is 339 g/mol. The van der Waals surface area contributed by atoms with Crippen LogP contribution in [0.2, 0.25) is 10.0 Å². The van der Waals surface area contributed by atoms with Gasteiger partial charge in [-0.25, -0.2) is 9.97 Å². The van der Waals surface area contributed by atoms with Crippen molar-refractivity contribution >= 4 is 40.7 Å². The largest absolute Gasteiger partial charge is 0.354 e. The molecule has 116 valence electrons. The SMILES string of the molecule is CC(C)CNc1nccc(C(=O)Nc2c(Cl)cccc2Cl)n1. The van der Waals surface area contributed by atoms with Crippen LogP contribution >= 0.6 is 23.2 Å². The van der Waals surface area contributed by atoms with Crippen LogP contribution in [0.25, 0.3) is 0 Å². The van der Waals surface area contributed by atoms with Gasteiger partial charge in [0.15, 0.2) is 0 Å². The highest BCUT2D eigenvalue weighted by Crippen LogP contribution is 2.30. The van der Waals surface area contributed by atoms with Crippen LogP contribution in [-0.4, -0.2) is 22.4 Å². The molecule has 7 heteroatoms. The Labute approximate surface area is 139 Å². The quantitative estimate of drug-likeness (QED) is 0.860. The third kappa shape index (κ3) is 4.32. The van der Waals surface area contributed by atoms with Crippen molar-refractivity contribution in [3.8, 4) is 0 Å². The van der Waals surface area contributed by atoms with Crippen LogP contribution < -0.4 is 10.6 Å². The zero-order valence-corrected chi connectivity index (χ0v) is 13.7. The van der Waals surface area contributed by atoms with Crippen molar-refractivity contribution in [3.63, 3.8) is 0 Å². The Hall–Kier alpha value is -1.85. The van der Waals surface area contributed by atoms with Gasteiger partial charge in [0, 0.05) is 12.7 Å². The van der Waals surface area contributed by atoms with Crippen molar-refractivity contribution in [1.82, 2.24) is 9.97 Å². The summed E-state index contributed by atoms with van der Waals surface area (Å²) in [6.07, 6.45) is 1.53. The fourth-order valence-corrected chi connectivity index (χ4v) is 2.15. The Morgan fingerprint density at radius 2 is 1.91 bits per heavy atom. The maximum atomic E-state index is 12.3. The number of halogens is 2. The Morgan fingerprint density at radius 3 is 2.55 bits per heavy atom. The van der Waals surface area contributed by atoms with Gasteiger partial charge in [-0.2, -0.15) is 0 Å². The summed E-state index contributed by atoms with van der Waals surface area (Å²) in [5.41, 5.74) is 0.600. The molecule has 1 heterocycles. The molecule has 0 unspecified atom stereocenters. The van der Waals surface area contributed by atoms with Gasteiger partial charge in [-0.05, 0) is 24.1 Å². The van der Waals surface area contributed by atoms with Crippen molar-refractivity contribution in [2.75, 3.05) is 17.2 Å². The summed E-state index contributed by atoms with van der Waals surface area (Å²) in [6.45, 7) is 4.87. The summed E-state index contributed by atoms with van der Waals surface area (Å²) in [6, 6.07) is 6.54. The molecule has 0 bridgehead atoms. The Balaban J connectivity index is 2.14. The van der Waals surface area contributed by atoms with Crippen molar-refractivity contribution in [2.24, 2.45) is 5.92 Å². The van der Waals surface area contributed by atoms with Gasteiger partial charge in [0.25, 0.3) is 5.91 Å². The number of carbonyl (C=O) groups is 1. The van der Waals surface area contributed by atoms with E-state index in [-0.39, 0.29) is 5.69 Å². The van der Waals surface area contributed by atoms with E-state index in [0.29, 0.717) is 27.6 Å². The first-order valence-electron chi connectivity index (χ1n) is 6.79. The molecule has 0 radical (unpaired) electrons. The smallest absolute Gasteiger partial charge is 0.274 e. The van der Waals surface area contributed by atoms with Gasteiger partial charge in [-0.1, -0.05) is 43.1 Å². The molecule has 0 saturated heterocycles. The number of benzene rings is 1. The molecule has 0 aliphatic heterocycles. The first kappa shape index (κ1) is 16.5. The lowest BCUT2D eigenvalue weighted by Gasteiger charge is -2.10. The van der Waals surface area contributed by atoms with E-state index in [1.807, 2.05) is 0 Å². The number of hydrogen-bond donors (Lipinski definition) is 2. The number of nitrogens with zero attached hydrogens (tertiary/aromatic N) is 2. The maximum absolute atomic E-state index is 12.3. The van der Waals surface area contributed by atoms with Crippen LogP contribution in [-0.2, 0) is 0 Å². The highest BCUT2D eigenvalue weighted by molar-refractivity contribution is 6.39. The fraction of sp³-hybridized carbons (Fsp3) is 0.267. The van der Waals surface area contributed by atoms with Crippen LogP contribution in [0.3, 0.4) is 0 Å². The second kappa shape index (κ2) is 7.42. The molecule has 1 aromatic carbocycles. The number of rotatable bonds is 5. The van der Waals surface area contributed by atoms with Gasteiger partial charge in [0.2, 0.25) is 5.95 Å². The molecule has 2 N–H and O–H groups in total. The van der Waals surface area contributed by atoms with Crippen LogP contribution in [0.4, 0.5) is 11.6 Å². The zero-order chi connectivity index (χ0) is 16.1. The van der Waals surface area contributed by atoms with E-state index in [0.717, 1.165) is 6.54 Å². The molecule has 0 fully saturated rings. The average Bonchev–Trinajstić information content (AvgIpc) is 2.49. The lowest BCUT2D eigenvalue weighted by molar-refractivity contribution is 0.102. The van der Waals surface area contributed by atoms with Crippen LogP contribution in [0.5, 0.6) is 0 Å². The van der Waals surface area contributed by atoms with E-state index >= 15 is 0 Å². The van der Waals surface area contributed by atoms with Gasteiger partial charge in [-0.15, -0.1) is 0 Å². The van der Waals surface area contributed by atoms with Crippen molar-refractivity contribution in [2.45, 2.75) is 13.8 Å². The van der Waals surface area contributed by atoms with Gasteiger partial charge in [0.05, 0.1) is 15.7 Å². The van der Waals surface area contributed by atoms with Crippen molar-refractivity contribution in [3.05, 3.63) is 46.2 Å². The number of aromatic nitrogens is 2. The monoisotopic (exact) mass is 338 g/mol. The molecule has 0 saturated carbocycles. The van der Waals surface area contributed by atoms with Crippen LogP contribution in [0, 0.1) is 5.92 Å². The fourth-order valence-electron chi connectivity index (χ4n) is 1.66. The number of anilines is 2. The number of hydrogen-bond acceptors (Lipinski definition) is 4. The maximum Gasteiger partial charge on any atom is 0.274 e. The molecule has 5 nitrogen and oxygen atoms in total. The van der Waals surface area contributed by atoms with Crippen molar-refractivity contribution < 1.29 is 4.79 Å². The minimum atomic E-state index is -0.398. The van der Waals surface area contributed by atoms with E-state index in [9.17, 15) is 4.79 Å². The predicted octanol–water partition coefficient (Wildman–Crippen LogP) is 4.10. The van der Waals surface area contributed by atoms with Gasteiger partial charge in [-0.3, -0.25) is 4.79 Å². The molecule has 1 amide bonds. The number of para-hydroxylation sites is 1. The van der Waals surface area contributed by atoms with E-state index in [4.69, 9.17) is 23.2 Å². The summed E-state index contributed by atoms with van der Waals surface area (Å²) in [5, 5.41) is 6.47. The van der Waals surface area contributed by atoms with Gasteiger partial charge < -0.3 is 10.6 Å². The second-order valence-electron chi connectivity index (χ2n) is 5.09. The molecular formula is C15H16Cl2N4O. The summed E-state index contributed by atoms with van der Waals surface area (Å²) in [7, 11) is 0. The first-order chi connectivity index (χ1) is 10.5. The van der Waals surface area contributed by atoms with Crippen LogP contribution in [0.15, 0.2) is 30.5 Å². The third-order valence-electron chi connectivity index (χ3n) is 2.76. The molecule has 22 heavy (non-hydrogen) atoms. The minimum absolute atomic E-state index is 0.234. The zero-order valence-electron chi connectivity index (χ0n) is 12.2. The Morgan fingerprint density at radius 1 is 1.23 bits per heavy atom. The number of amides is 1. The van der Waals surface area contributed by atoms with Gasteiger partial charge in [0.1, 0.15) is 5.69 Å². The molecule has 2 rings (SSSR count). The highest BCUT2D eigenvalue weighted by atomic mass is 35.5. The Kier molecular flexibility index (Phi) is 5.57. The lowest BCUT2D eigenvalue weighted by atomic mass is 10.2. The molecule has 0 aliphatic rings. The lowest BCUT2D eigenvalue weighted by Crippen LogP contribution is -2.17. The van der Waals surface area contributed by atoms with E-state index in [2.05, 4.69) is 34.4 Å². The summed E-state index contributed by atoms with van der Waals surface area (Å²) < 4.78 is 0. The first-order valence-corrected chi connectivity index (χ1v) is 7.55. The molecule has 0 spiro atoms. The molecule has 2 aromatic rings. The molecular weight excluding hydrogens is 323 g/mol. The minimum Gasteiger partial charge on any atom is -0.354 e. The third-order valence-corrected chi connectivity index (χ3v) is 3.39. The molecule has 0 aliphatic carbocycles.